The van der Waals surface area contributed by atoms with Crippen LogP contribution in [-0.4, -0.2) is 70.9 Å². The third-order valence-corrected chi connectivity index (χ3v) is 4.40. The molecule has 0 aromatic heterocycles. The molecule has 208 valence electrons. The highest BCUT2D eigenvalue weighted by molar-refractivity contribution is 5.89. The number of hydrogen-bond acceptors (Lipinski definition) is 2. The SMILES string of the molecule is CCCC[C@H](NC(=O)C(F)(F)C(F)(F)C(F)(F)C(F)(F)C(F)(F)C(F)(F)C(F)(F)C(F)F)C(=O)O. The van der Waals surface area contributed by atoms with E-state index in [1.807, 2.05) is 0 Å². The molecule has 0 unspecified atom stereocenters. The lowest BCUT2D eigenvalue weighted by Gasteiger charge is -2.42. The van der Waals surface area contributed by atoms with E-state index in [1.54, 1.807) is 0 Å². The molecule has 20 heteroatoms. The average molecular weight is 559 g/mol. The Bertz CT molecular complexity index is 782. The fourth-order valence-corrected chi connectivity index (χ4v) is 2.19. The molecule has 0 fully saturated rings. The van der Waals surface area contributed by atoms with E-state index in [0.717, 1.165) is 0 Å². The largest absolute Gasteiger partial charge is 0.480 e. The lowest BCUT2D eigenvalue weighted by Crippen LogP contribution is -2.75. The predicted octanol–water partition coefficient (Wildman–Crippen LogP) is 5.46. The Morgan fingerprint density at radius 2 is 1.09 bits per heavy atom. The number of aliphatic carboxylic acids is 1. The van der Waals surface area contributed by atoms with E-state index in [2.05, 4.69) is 0 Å². The molecule has 0 saturated carbocycles. The smallest absolute Gasteiger partial charge is 0.392 e. The van der Waals surface area contributed by atoms with Crippen LogP contribution in [0.2, 0.25) is 0 Å². The zero-order valence-electron chi connectivity index (χ0n) is 16.6. The summed E-state index contributed by atoms with van der Waals surface area (Å²) in [5.74, 6) is -62.9. The van der Waals surface area contributed by atoms with Gasteiger partial charge in [-0.05, 0) is 6.42 Å². The molecule has 0 aliphatic rings. The van der Waals surface area contributed by atoms with E-state index in [1.165, 1.54) is 6.92 Å². The first kappa shape index (κ1) is 32.8. The maximum Gasteiger partial charge on any atom is 0.392 e. The van der Waals surface area contributed by atoms with Crippen LogP contribution in [0.5, 0.6) is 0 Å². The number of carboxylic acid groups (broad SMARTS) is 1. The van der Waals surface area contributed by atoms with Gasteiger partial charge >= 0.3 is 53.9 Å². The lowest BCUT2D eigenvalue weighted by molar-refractivity contribution is -0.443. The molecule has 1 amide bonds. The van der Waals surface area contributed by atoms with Gasteiger partial charge in [-0.1, -0.05) is 19.8 Å². The first-order chi connectivity index (χ1) is 15.2. The summed E-state index contributed by atoms with van der Waals surface area (Å²) in [5, 5.41) is 9.22. The van der Waals surface area contributed by atoms with Crippen molar-refractivity contribution in [3.63, 3.8) is 0 Å². The van der Waals surface area contributed by atoms with Gasteiger partial charge in [0.1, 0.15) is 6.04 Å². The molecule has 0 radical (unpaired) electrons. The molecule has 0 spiro atoms. The van der Waals surface area contributed by atoms with Crippen LogP contribution in [-0.2, 0) is 9.59 Å². The molecule has 4 nitrogen and oxygen atoms in total. The number of rotatable bonds is 13. The minimum Gasteiger partial charge on any atom is -0.480 e. The van der Waals surface area contributed by atoms with Crippen LogP contribution in [0, 0.1) is 0 Å². The fraction of sp³-hybridized carbons (Fsp3) is 0.867. The number of hydrogen-bond donors (Lipinski definition) is 2. The van der Waals surface area contributed by atoms with Crippen LogP contribution in [0.25, 0.3) is 0 Å². The Balaban J connectivity index is 6.55. The van der Waals surface area contributed by atoms with E-state index in [-0.39, 0.29) is 12.8 Å². The standard InChI is InChI=1S/C15H13F16NO3/c1-2-3-4-5(6(33)34)32-8(35)10(20,21)12(24,25)14(28,29)15(30,31)13(26,27)11(22,23)9(18,19)7(16)17/h5,7H,2-4H2,1H3,(H,32,35)(H,33,34)/t5-/m0/s1. The van der Waals surface area contributed by atoms with E-state index < -0.39 is 72.2 Å². The maximum absolute atomic E-state index is 13.7. The molecule has 0 aliphatic carbocycles. The Kier molecular flexibility index (Phi) is 9.10. The van der Waals surface area contributed by atoms with Crippen molar-refractivity contribution in [3.05, 3.63) is 0 Å². The maximum atomic E-state index is 13.7. The molecule has 2 N–H and O–H groups in total. The number of halogens is 16. The molecule has 0 aliphatic heterocycles. The summed E-state index contributed by atoms with van der Waals surface area (Å²) >= 11 is 0. The fourth-order valence-electron chi connectivity index (χ4n) is 2.19. The summed E-state index contributed by atoms with van der Waals surface area (Å²) in [7, 11) is 0. The van der Waals surface area contributed by atoms with Gasteiger partial charge in [0.05, 0.1) is 0 Å². The number of unbranched alkanes of at least 4 members (excludes halogenated alkanes) is 1. The Labute approximate surface area is 183 Å². The van der Waals surface area contributed by atoms with Gasteiger partial charge in [0.25, 0.3) is 5.91 Å². The second-order valence-corrected chi connectivity index (χ2v) is 6.88. The number of alkyl halides is 16. The third-order valence-electron chi connectivity index (χ3n) is 4.40. The summed E-state index contributed by atoms with van der Waals surface area (Å²) in [6, 6.07) is -2.55. The predicted molar refractivity (Wildman–Crippen MR) is 79.7 cm³/mol. The minimum atomic E-state index is -8.64. The van der Waals surface area contributed by atoms with Crippen LogP contribution >= 0.6 is 0 Å². The highest BCUT2D eigenvalue weighted by atomic mass is 19.4. The average Bonchev–Trinajstić information content (AvgIpc) is 2.69. The minimum absolute atomic E-state index is 0.0725. The molecule has 0 aromatic carbocycles. The van der Waals surface area contributed by atoms with E-state index in [4.69, 9.17) is 5.11 Å². The van der Waals surface area contributed by atoms with E-state index in [0.29, 0.717) is 5.32 Å². The van der Waals surface area contributed by atoms with Crippen molar-refractivity contribution in [2.75, 3.05) is 0 Å². The highest BCUT2D eigenvalue weighted by Crippen LogP contribution is 2.62. The zero-order chi connectivity index (χ0) is 28.6. The Hall–Kier alpha value is -2.18. The Morgan fingerprint density at radius 1 is 0.714 bits per heavy atom. The molecule has 0 rings (SSSR count). The number of amides is 1. The van der Waals surface area contributed by atoms with Gasteiger partial charge in [-0.3, -0.25) is 4.79 Å². The van der Waals surface area contributed by atoms with Gasteiger partial charge in [-0.2, -0.15) is 61.5 Å². The summed E-state index contributed by atoms with van der Waals surface area (Å²) < 4.78 is 211. The number of carbonyl (C=O) groups excluding carboxylic acids is 1. The second-order valence-electron chi connectivity index (χ2n) is 6.88. The first-order valence-corrected chi connectivity index (χ1v) is 8.70. The summed E-state index contributed by atoms with van der Waals surface area (Å²) in [5.41, 5.74) is 0. The van der Waals surface area contributed by atoms with Gasteiger partial charge in [-0.25, -0.2) is 13.6 Å². The van der Waals surface area contributed by atoms with Crippen molar-refractivity contribution in [1.29, 1.82) is 0 Å². The van der Waals surface area contributed by atoms with Crippen LogP contribution < -0.4 is 5.32 Å². The second kappa shape index (κ2) is 9.70. The topological polar surface area (TPSA) is 66.4 Å². The lowest BCUT2D eigenvalue weighted by atomic mass is 9.89. The first-order valence-electron chi connectivity index (χ1n) is 8.70. The molecule has 1 atom stereocenters. The van der Waals surface area contributed by atoms with Gasteiger partial charge in [0, 0.05) is 0 Å². The number of carbonyl (C=O) groups is 2. The number of carboxylic acids is 1. The Morgan fingerprint density at radius 3 is 1.43 bits per heavy atom. The van der Waals surface area contributed by atoms with Crippen molar-refractivity contribution < 1.29 is 84.9 Å². The van der Waals surface area contributed by atoms with Crippen LogP contribution in [0.4, 0.5) is 70.2 Å². The molecule has 35 heavy (non-hydrogen) atoms. The van der Waals surface area contributed by atoms with Crippen molar-refractivity contribution in [1.82, 2.24) is 5.32 Å². The normalized spacial score (nSPS) is 15.8. The van der Waals surface area contributed by atoms with Gasteiger partial charge in [-0.15, -0.1) is 0 Å². The summed E-state index contributed by atoms with van der Waals surface area (Å²) in [6.07, 6.45) is -6.97. The molecular weight excluding hydrogens is 546 g/mol. The van der Waals surface area contributed by atoms with E-state index >= 15 is 0 Å². The molecule has 0 bridgehead atoms. The van der Waals surface area contributed by atoms with Gasteiger partial charge in [0.2, 0.25) is 0 Å². The summed E-state index contributed by atoms with van der Waals surface area (Å²) in [6.45, 7) is 1.35. The van der Waals surface area contributed by atoms with Crippen LogP contribution in [0.1, 0.15) is 26.2 Å². The highest BCUT2D eigenvalue weighted by Gasteiger charge is 2.94. The quantitative estimate of drug-likeness (QED) is 0.295. The van der Waals surface area contributed by atoms with Crippen molar-refractivity contribution in [2.24, 2.45) is 0 Å². The molecule has 0 aromatic rings. The van der Waals surface area contributed by atoms with Gasteiger partial charge < -0.3 is 10.4 Å². The third kappa shape index (κ3) is 4.92. The van der Waals surface area contributed by atoms with Crippen molar-refractivity contribution in [3.8, 4) is 0 Å². The molecule has 0 heterocycles. The van der Waals surface area contributed by atoms with Gasteiger partial charge in [0.15, 0.2) is 0 Å². The van der Waals surface area contributed by atoms with Crippen molar-refractivity contribution >= 4 is 11.9 Å². The number of nitrogens with one attached hydrogen (secondary N) is 1. The summed E-state index contributed by atoms with van der Waals surface area (Å²) in [4.78, 5) is 22.2. The van der Waals surface area contributed by atoms with E-state index in [9.17, 15) is 79.8 Å². The zero-order valence-corrected chi connectivity index (χ0v) is 16.6. The monoisotopic (exact) mass is 559 g/mol. The molecule has 0 saturated heterocycles. The molecular formula is C15H13F16NO3. The van der Waals surface area contributed by atoms with Crippen molar-refractivity contribution in [2.45, 2.75) is 80.1 Å². The van der Waals surface area contributed by atoms with Crippen LogP contribution in [0.15, 0.2) is 0 Å². The van der Waals surface area contributed by atoms with Crippen LogP contribution in [0.3, 0.4) is 0 Å².